The van der Waals surface area contributed by atoms with Crippen molar-refractivity contribution in [2.45, 2.75) is 17.9 Å². The third-order valence-electron chi connectivity index (χ3n) is 4.58. The van der Waals surface area contributed by atoms with E-state index in [-0.39, 0.29) is 34.2 Å². The van der Waals surface area contributed by atoms with E-state index in [4.69, 9.17) is 9.84 Å². The van der Waals surface area contributed by atoms with Crippen LogP contribution in [0.25, 0.3) is 0 Å². The van der Waals surface area contributed by atoms with Crippen LogP contribution < -0.4 is 4.74 Å². The van der Waals surface area contributed by atoms with Crippen molar-refractivity contribution >= 4 is 21.7 Å². The number of nitrogens with zero attached hydrogens (tertiary/aromatic N) is 1. The first-order valence-electron chi connectivity index (χ1n) is 8.23. The van der Waals surface area contributed by atoms with Crippen molar-refractivity contribution in [1.29, 1.82) is 0 Å². The number of sulfone groups is 1. The molecule has 0 aliphatic carbocycles. The Hall–Kier alpha value is -2.87. The van der Waals surface area contributed by atoms with Gasteiger partial charge in [-0.25, -0.2) is 13.2 Å². The molecule has 7 nitrogen and oxygen atoms in total. The number of carboxylic acids is 1. The molecule has 0 bridgehead atoms. The molecule has 8 heteroatoms. The first-order chi connectivity index (χ1) is 12.7. The zero-order valence-electron chi connectivity index (χ0n) is 14.9. The van der Waals surface area contributed by atoms with Crippen LogP contribution in [0.15, 0.2) is 41.3 Å². The number of carboxylic acid groups (broad SMARTS) is 1. The van der Waals surface area contributed by atoms with E-state index < -0.39 is 15.8 Å². The molecule has 0 saturated heterocycles. The Balaban J connectivity index is 1.95. The Morgan fingerprint density at radius 2 is 1.85 bits per heavy atom. The van der Waals surface area contributed by atoms with Crippen LogP contribution in [0.5, 0.6) is 5.75 Å². The van der Waals surface area contributed by atoms with Crippen LogP contribution in [-0.4, -0.2) is 50.2 Å². The highest BCUT2D eigenvalue weighted by molar-refractivity contribution is 7.90. The summed E-state index contributed by atoms with van der Waals surface area (Å²) in [6, 6.07) is 9.07. The van der Waals surface area contributed by atoms with Crippen molar-refractivity contribution < 1.29 is 27.9 Å². The summed E-state index contributed by atoms with van der Waals surface area (Å²) in [7, 11) is -2.06. The van der Waals surface area contributed by atoms with Crippen LogP contribution in [0.3, 0.4) is 0 Å². The molecular weight excluding hydrogens is 370 g/mol. The number of benzene rings is 2. The van der Waals surface area contributed by atoms with Crippen molar-refractivity contribution in [3.63, 3.8) is 0 Å². The summed E-state index contributed by atoms with van der Waals surface area (Å²) >= 11 is 0. The van der Waals surface area contributed by atoms with E-state index in [1.54, 1.807) is 23.1 Å². The molecule has 1 aliphatic heterocycles. The fraction of sp³-hybridized carbons (Fsp3) is 0.263. The zero-order chi connectivity index (χ0) is 19.8. The maximum Gasteiger partial charge on any atom is 0.335 e. The Kier molecular flexibility index (Phi) is 4.93. The summed E-state index contributed by atoms with van der Waals surface area (Å²) in [6.45, 7) is 0.700. The second kappa shape index (κ2) is 7.03. The molecule has 2 aromatic rings. The molecule has 1 aliphatic rings. The fourth-order valence-electron chi connectivity index (χ4n) is 3.12. The lowest BCUT2D eigenvalue weighted by Crippen LogP contribution is -2.36. The maximum absolute atomic E-state index is 13.0. The highest BCUT2D eigenvalue weighted by Gasteiger charge is 2.26. The molecule has 0 atom stereocenters. The van der Waals surface area contributed by atoms with Gasteiger partial charge in [-0.05, 0) is 47.9 Å². The standard InChI is InChI=1S/C19H19NO6S/c1-26-17-6-5-15(27(2,24)25)10-16(17)18(21)20-8-7-12-3-4-13(19(22)23)9-14(12)11-20/h3-6,9-10H,7-8,11H2,1-2H3,(H,22,23). The molecule has 0 spiro atoms. The zero-order valence-corrected chi connectivity index (χ0v) is 15.7. The van der Waals surface area contributed by atoms with Crippen molar-refractivity contribution in [3.05, 3.63) is 58.7 Å². The summed E-state index contributed by atoms with van der Waals surface area (Å²) in [4.78, 5) is 25.8. The summed E-state index contributed by atoms with van der Waals surface area (Å²) in [6.07, 6.45) is 1.67. The highest BCUT2D eigenvalue weighted by Crippen LogP contribution is 2.27. The number of hydrogen-bond donors (Lipinski definition) is 1. The number of methoxy groups -OCH3 is 1. The highest BCUT2D eigenvalue weighted by atomic mass is 32.2. The second-order valence-electron chi connectivity index (χ2n) is 6.40. The third-order valence-corrected chi connectivity index (χ3v) is 5.69. The summed E-state index contributed by atoms with van der Waals surface area (Å²) in [5.41, 5.74) is 2.10. The topological polar surface area (TPSA) is 101 Å². The van der Waals surface area contributed by atoms with E-state index in [0.717, 1.165) is 17.4 Å². The number of carbonyl (C=O) groups excluding carboxylic acids is 1. The van der Waals surface area contributed by atoms with Crippen LogP contribution in [0.2, 0.25) is 0 Å². The number of ether oxygens (including phenoxy) is 1. The molecule has 0 unspecified atom stereocenters. The predicted molar refractivity (Wildman–Crippen MR) is 97.9 cm³/mol. The van der Waals surface area contributed by atoms with Gasteiger partial charge in [0.1, 0.15) is 5.75 Å². The molecule has 142 valence electrons. The average Bonchev–Trinajstić information content (AvgIpc) is 2.65. The molecular formula is C19H19NO6S. The average molecular weight is 389 g/mol. The van der Waals surface area contributed by atoms with Gasteiger partial charge in [-0.3, -0.25) is 4.79 Å². The minimum absolute atomic E-state index is 0.0391. The lowest BCUT2D eigenvalue weighted by Gasteiger charge is -2.29. The summed E-state index contributed by atoms with van der Waals surface area (Å²) in [5.74, 6) is -1.09. The first kappa shape index (κ1) is 18.9. The van der Waals surface area contributed by atoms with Gasteiger partial charge in [-0.2, -0.15) is 0 Å². The van der Waals surface area contributed by atoms with Crippen LogP contribution in [0, 0.1) is 0 Å². The number of rotatable bonds is 4. The van der Waals surface area contributed by atoms with Gasteiger partial charge in [0.05, 0.1) is 23.1 Å². The molecule has 2 aromatic carbocycles. The molecule has 3 rings (SSSR count). The van der Waals surface area contributed by atoms with E-state index in [1.165, 1.54) is 25.3 Å². The fourth-order valence-corrected chi connectivity index (χ4v) is 3.77. The van der Waals surface area contributed by atoms with Gasteiger partial charge < -0.3 is 14.7 Å². The molecule has 0 fully saturated rings. The Morgan fingerprint density at radius 3 is 2.48 bits per heavy atom. The minimum Gasteiger partial charge on any atom is -0.496 e. The lowest BCUT2D eigenvalue weighted by atomic mass is 9.97. The van der Waals surface area contributed by atoms with Crippen LogP contribution >= 0.6 is 0 Å². The largest absolute Gasteiger partial charge is 0.496 e. The molecule has 1 amide bonds. The molecule has 1 N–H and O–H groups in total. The van der Waals surface area contributed by atoms with Crippen LogP contribution in [0.1, 0.15) is 31.8 Å². The van der Waals surface area contributed by atoms with Gasteiger partial charge in [0.15, 0.2) is 9.84 Å². The van der Waals surface area contributed by atoms with Crippen LogP contribution in [-0.2, 0) is 22.8 Å². The predicted octanol–water partition coefficient (Wildman–Crippen LogP) is 2.00. The molecule has 0 saturated carbocycles. The van der Waals surface area contributed by atoms with Crippen molar-refractivity contribution in [2.75, 3.05) is 19.9 Å². The van der Waals surface area contributed by atoms with E-state index in [0.29, 0.717) is 13.0 Å². The van der Waals surface area contributed by atoms with E-state index in [9.17, 15) is 18.0 Å². The van der Waals surface area contributed by atoms with Gasteiger partial charge in [-0.15, -0.1) is 0 Å². The molecule has 0 radical (unpaired) electrons. The molecule has 27 heavy (non-hydrogen) atoms. The monoisotopic (exact) mass is 389 g/mol. The smallest absolute Gasteiger partial charge is 0.335 e. The van der Waals surface area contributed by atoms with Crippen molar-refractivity contribution in [2.24, 2.45) is 0 Å². The number of fused-ring (bicyclic) bond motifs is 1. The third kappa shape index (κ3) is 3.80. The van der Waals surface area contributed by atoms with Gasteiger partial charge in [0.25, 0.3) is 5.91 Å². The normalized spacial score (nSPS) is 13.8. The molecule has 0 aromatic heterocycles. The second-order valence-corrected chi connectivity index (χ2v) is 8.42. The first-order valence-corrected chi connectivity index (χ1v) is 10.1. The number of aromatic carboxylic acids is 1. The Bertz CT molecular complexity index is 1030. The van der Waals surface area contributed by atoms with Gasteiger partial charge >= 0.3 is 5.97 Å². The summed E-state index contributed by atoms with van der Waals surface area (Å²) in [5, 5.41) is 9.16. The lowest BCUT2D eigenvalue weighted by molar-refractivity contribution is 0.0696. The van der Waals surface area contributed by atoms with E-state index in [2.05, 4.69) is 0 Å². The minimum atomic E-state index is -3.47. The van der Waals surface area contributed by atoms with Gasteiger partial charge in [0.2, 0.25) is 0 Å². The van der Waals surface area contributed by atoms with Gasteiger partial charge in [-0.1, -0.05) is 6.07 Å². The van der Waals surface area contributed by atoms with Crippen LogP contribution in [0.4, 0.5) is 0 Å². The Labute approximate surface area is 157 Å². The van der Waals surface area contributed by atoms with E-state index >= 15 is 0 Å². The summed E-state index contributed by atoms with van der Waals surface area (Å²) < 4.78 is 28.9. The number of carbonyl (C=O) groups is 2. The van der Waals surface area contributed by atoms with E-state index in [1.807, 2.05) is 0 Å². The van der Waals surface area contributed by atoms with Crippen molar-refractivity contribution in [1.82, 2.24) is 4.90 Å². The van der Waals surface area contributed by atoms with Gasteiger partial charge in [0, 0.05) is 19.3 Å². The quantitative estimate of drug-likeness (QED) is 0.858. The Morgan fingerprint density at radius 1 is 1.11 bits per heavy atom. The molecule has 1 heterocycles. The maximum atomic E-state index is 13.0. The number of amides is 1. The number of hydrogen-bond acceptors (Lipinski definition) is 5. The van der Waals surface area contributed by atoms with Crippen molar-refractivity contribution in [3.8, 4) is 5.75 Å². The SMILES string of the molecule is COc1ccc(S(C)(=O)=O)cc1C(=O)N1CCc2ccc(C(=O)O)cc2C1.